The number of esters is 2. The first-order valence-electron chi connectivity index (χ1n) is 9.77. The maximum absolute atomic E-state index is 13.8. The Morgan fingerprint density at radius 1 is 0.933 bits per heavy atom. The first kappa shape index (κ1) is 21.9. The van der Waals surface area contributed by atoms with E-state index in [-0.39, 0.29) is 31.6 Å². The van der Waals surface area contributed by atoms with Crippen molar-refractivity contribution >= 4 is 11.9 Å². The molecular formula is C23H23F3O4. The van der Waals surface area contributed by atoms with Gasteiger partial charge in [0.05, 0.1) is 18.8 Å². The normalized spacial score (nSPS) is 14.9. The summed E-state index contributed by atoms with van der Waals surface area (Å²) >= 11 is 0. The summed E-state index contributed by atoms with van der Waals surface area (Å²) in [6.07, 6.45) is -4.83. The van der Waals surface area contributed by atoms with Crippen molar-refractivity contribution in [2.24, 2.45) is 5.41 Å². The van der Waals surface area contributed by atoms with Crippen LogP contribution in [-0.4, -0.2) is 25.2 Å². The Labute approximate surface area is 173 Å². The zero-order valence-corrected chi connectivity index (χ0v) is 17.1. The second-order valence-electron chi connectivity index (χ2n) is 7.41. The molecule has 0 aromatic heterocycles. The van der Waals surface area contributed by atoms with Crippen LogP contribution < -0.4 is 0 Å². The molecule has 160 valence electrons. The van der Waals surface area contributed by atoms with E-state index in [0.29, 0.717) is 16.7 Å². The standard InChI is InChI=1S/C23H23F3O4/c1-4-29-20(27)22(21(28)30-5-2)12-16-10-18(15-8-6-14(3)7-9-15)19(23(24,25)26)11-17(16)13-22/h6-11H,4-5,12-13H2,1-3H3. The van der Waals surface area contributed by atoms with Gasteiger partial charge in [-0.15, -0.1) is 0 Å². The molecule has 0 saturated carbocycles. The van der Waals surface area contributed by atoms with Crippen molar-refractivity contribution < 1.29 is 32.2 Å². The lowest BCUT2D eigenvalue weighted by Gasteiger charge is -2.23. The molecule has 0 fully saturated rings. The van der Waals surface area contributed by atoms with Crippen LogP contribution in [0.5, 0.6) is 0 Å². The molecule has 0 N–H and O–H groups in total. The number of aryl methyl sites for hydroxylation is 1. The van der Waals surface area contributed by atoms with E-state index < -0.39 is 29.1 Å². The van der Waals surface area contributed by atoms with Crippen LogP contribution in [-0.2, 0) is 38.1 Å². The average molecular weight is 420 g/mol. The van der Waals surface area contributed by atoms with E-state index >= 15 is 0 Å². The van der Waals surface area contributed by atoms with E-state index in [1.165, 1.54) is 6.07 Å². The Kier molecular flexibility index (Phi) is 5.92. The Balaban J connectivity index is 2.14. The second kappa shape index (κ2) is 8.13. The highest BCUT2D eigenvalue weighted by molar-refractivity contribution is 6.01. The smallest absolute Gasteiger partial charge is 0.417 e. The summed E-state index contributed by atoms with van der Waals surface area (Å²) in [5, 5.41) is 0. The Morgan fingerprint density at radius 2 is 1.43 bits per heavy atom. The van der Waals surface area contributed by atoms with Gasteiger partial charge in [-0.25, -0.2) is 0 Å². The molecule has 0 saturated heterocycles. The Hall–Kier alpha value is -2.83. The summed E-state index contributed by atoms with van der Waals surface area (Å²) in [6.45, 7) is 5.17. The third kappa shape index (κ3) is 3.93. The van der Waals surface area contributed by atoms with E-state index in [1.807, 2.05) is 6.92 Å². The molecule has 2 aromatic carbocycles. The minimum absolute atomic E-state index is 0.0183. The molecule has 0 amide bonds. The highest BCUT2D eigenvalue weighted by Crippen LogP contribution is 2.45. The van der Waals surface area contributed by atoms with Crippen molar-refractivity contribution in [2.75, 3.05) is 13.2 Å². The van der Waals surface area contributed by atoms with E-state index in [0.717, 1.165) is 11.6 Å². The fourth-order valence-corrected chi connectivity index (χ4v) is 3.85. The van der Waals surface area contributed by atoms with Gasteiger partial charge in [0.2, 0.25) is 0 Å². The molecule has 1 aliphatic carbocycles. The number of carbonyl (C=O) groups excluding carboxylic acids is 2. The van der Waals surface area contributed by atoms with Gasteiger partial charge in [-0.05, 0) is 61.9 Å². The number of halogens is 3. The van der Waals surface area contributed by atoms with Gasteiger partial charge in [0.1, 0.15) is 0 Å². The summed E-state index contributed by atoms with van der Waals surface area (Å²) in [5.74, 6) is -1.55. The van der Waals surface area contributed by atoms with Gasteiger partial charge in [0, 0.05) is 0 Å². The van der Waals surface area contributed by atoms with Crippen LogP contribution in [0.1, 0.15) is 36.1 Å². The molecule has 30 heavy (non-hydrogen) atoms. The van der Waals surface area contributed by atoms with Crippen LogP contribution in [0, 0.1) is 12.3 Å². The predicted molar refractivity (Wildman–Crippen MR) is 105 cm³/mol. The van der Waals surface area contributed by atoms with Crippen LogP contribution >= 0.6 is 0 Å². The van der Waals surface area contributed by atoms with Gasteiger partial charge < -0.3 is 9.47 Å². The molecule has 0 spiro atoms. The van der Waals surface area contributed by atoms with Crippen LogP contribution in [0.15, 0.2) is 36.4 Å². The number of carbonyl (C=O) groups is 2. The third-order valence-corrected chi connectivity index (χ3v) is 5.32. The van der Waals surface area contributed by atoms with Crippen LogP contribution in [0.25, 0.3) is 11.1 Å². The lowest BCUT2D eigenvalue weighted by molar-refractivity contribution is -0.171. The number of rotatable bonds is 5. The van der Waals surface area contributed by atoms with E-state index in [2.05, 4.69) is 0 Å². The third-order valence-electron chi connectivity index (χ3n) is 5.32. The maximum Gasteiger partial charge on any atom is 0.417 e. The maximum atomic E-state index is 13.8. The molecule has 1 aliphatic rings. The average Bonchev–Trinajstić information content (AvgIpc) is 3.07. The van der Waals surface area contributed by atoms with Gasteiger partial charge in [-0.1, -0.05) is 35.9 Å². The number of hydrogen-bond acceptors (Lipinski definition) is 4. The van der Waals surface area contributed by atoms with E-state index in [4.69, 9.17) is 9.47 Å². The quantitative estimate of drug-likeness (QED) is 0.510. The summed E-state index contributed by atoms with van der Waals surface area (Å²) in [4.78, 5) is 25.4. The molecule has 3 rings (SSSR count). The van der Waals surface area contributed by atoms with Gasteiger partial charge in [-0.3, -0.25) is 9.59 Å². The molecule has 0 heterocycles. The largest absolute Gasteiger partial charge is 0.465 e. The van der Waals surface area contributed by atoms with Gasteiger partial charge in [0.25, 0.3) is 0 Å². The molecule has 0 aliphatic heterocycles. The zero-order chi connectivity index (χ0) is 22.1. The van der Waals surface area contributed by atoms with E-state index in [9.17, 15) is 22.8 Å². The number of hydrogen-bond donors (Lipinski definition) is 0. The minimum atomic E-state index is -4.59. The molecule has 0 atom stereocenters. The van der Waals surface area contributed by atoms with Crippen molar-refractivity contribution in [1.29, 1.82) is 0 Å². The Bertz CT molecular complexity index is 944. The lowest BCUT2D eigenvalue weighted by atomic mass is 9.84. The molecular weight excluding hydrogens is 397 g/mol. The lowest BCUT2D eigenvalue weighted by Crippen LogP contribution is -2.43. The summed E-state index contributed by atoms with van der Waals surface area (Å²) in [5.41, 5.74) is -0.279. The Morgan fingerprint density at radius 3 is 1.90 bits per heavy atom. The molecule has 2 aromatic rings. The topological polar surface area (TPSA) is 52.6 Å². The summed E-state index contributed by atoms with van der Waals surface area (Å²) < 4.78 is 51.7. The highest BCUT2D eigenvalue weighted by atomic mass is 19.4. The van der Waals surface area contributed by atoms with Crippen molar-refractivity contribution in [3.63, 3.8) is 0 Å². The first-order chi connectivity index (χ1) is 14.1. The van der Waals surface area contributed by atoms with Crippen LogP contribution in [0.4, 0.5) is 13.2 Å². The van der Waals surface area contributed by atoms with Gasteiger partial charge in [-0.2, -0.15) is 13.2 Å². The molecule has 0 unspecified atom stereocenters. The molecule has 7 heteroatoms. The highest BCUT2D eigenvalue weighted by Gasteiger charge is 2.53. The van der Waals surface area contributed by atoms with Crippen LogP contribution in [0.2, 0.25) is 0 Å². The van der Waals surface area contributed by atoms with Crippen molar-refractivity contribution in [3.8, 4) is 11.1 Å². The van der Waals surface area contributed by atoms with Crippen LogP contribution in [0.3, 0.4) is 0 Å². The van der Waals surface area contributed by atoms with Gasteiger partial charge in [0.15, 0.2) is 5.41 Å². The molecule has 0 bridgehead atoms. The van der Waals surface area contributed by atoms with Gasteiger partial charge >= 0.3 is 18.1 Å². The minimum Gasteiger partial charge on any atom is -0.465 e. The fraction of sp³-hybridized carbons (Fsp3) is 0.391. The van der Waals surface area contributed by atoms with E-state index in [1.54, 1.807) is 38.1 Å². The van der Waals surface area contributed by atoms with Crippen molar-refractivity contribution in [2.45, 2.75) is 39.8 Å². The zero-order valence-electron chi connectivity index (χ0n) is 17.1. The second-order valence-corrected chi connectivity index (χ2v) is 7.41. The van der Waals surface area contributed by atoms with Crippen molar-refractivity contribution in [1.82, 2.24) is 0 Å². The summed E-state index contributed by atoms with van der Waals surface area (Å²) in [7, 11) is 0. The number of ether oxygens (including phenoxy) is 2. The first-order valence-corrected chi connectivity index (χ1v) is 9.77. The predicted octanol–water partition coefficient (Wildman–Crippen LogP) is 4.89. The fourth-order valence-electron chi connectivity index (χ4n) is 3.85. The number of alkyl halides is 3. The van der Waals surface area contributed by atoms with Crippen molar-refractivity contribution in [3.05, 3.63) is 58.7 Å². The summed E-state index contributed by atoms with van der Waals surface area (Å²) in [6, 6.07) is 9.22. The monoisotopic (exact) mass is 420 g/mol. The number of benzene rings is 2. The molecule has 4 nitrogen and oxygen atoms in total. The number of fused-ring (bicyclic) bond motifs is 1. The SMILES string of the molecule is CCOC(=O)C1(C(=O)OCC)Cc2cc(-c3ccc(C)cc3)c(C(F)(F)F)cc2C1. The molecule has 0 radical (unpaired) electrons.